The molecule has 0 aromatic carbocycles. The number of carbonyl (C=O) groups is 1. The van der Waals surface area contributed by atoms with E-state index in [0.29, 0.717) is 6.54 Å². The van der Waals surface area contributed by atoms with Gasteiger partial charge in [0.05, 0.1) is 12.6 Å². The molecule has 1 aliphatic rings. The van der Waals surface area contributed by atoms with Crippen molar-refractivity contribution in [2.24, 2.45) is 5.92 Å². The minimum Gasteiger partial charge on any atom is -0.350 e. The van der Waals surface area contributed by atoms with Crippen LogP contribution >= 0.6 is 0 Å². The zero-order valence-corrected chi connectivity index (χ0v) is 11.1. The number of piperidine rings is 1. The van der Waals surface area contributed by atoms with Crippen molar-refractivity contribution in [3.05, 3.63) is 0 Å². The van der Waals surface area contributed by atoms with Crippen LogP contribution in [-0.4, -0.2) is 36.0 Å². The summed E-state index contributed by atoms with van der Waals surface area (Å²) in [5.74, 6) is 0.272. The Kier molecular flexibility index (Phi) is 4.95. The van der Waals surface area contributed by atoms with Crippen LogP contribution in [0.3, 0.4) is 0 Å². The van der Waals surface area contributed by atoms with E-state index in [0.717, 1.165) is 32.4 Å². The van der Waals surface area contributed by atoms with Gasteiger partial charge in [-0.15, -0.1) is 0 Å². The molecule has 0 aliphatic carbocycles. The molecule has 0 unspecified atom stereocenters. The molecule has 0 aromatic rings. The number of likely N-dealkylation sites (tertiary alicyclic amines) is 1. The first-order valence-corrected chi connectivity index (χ1v) is 6.40. The minimum absolute atomic E-state index is 0.0901. The largest absolute Gasteiger partial charge is 0.350 e. The van der Waals surface area contributed by atoms with Crippen LogP contribution in [0, 0.1) is 17.2 Å². The van der Waals surface area contributed by atoms with E-state index in [1.54, 1.807) is 0 Å². The van der Waals surface area contributed by atoms with E-state index in [1.165, 1.54) is 0 Å². The first kappa shape index (κ1) is 14.0. The summed E-state index contributed by atoms with van der Waals surface area (Å²) in [6.07, 6.45) is 2.71. The van der Waals surface area contributed by atoms with Crippen LogP contribution in [0.15, 0.2) is 0 Å². The predicted octanol–water partition coefficient (Wildman–Crippen LogP) is 1.53. The van der Waals surface area contributed by atoms with Crippen molar-refractivity contribution in [2.45, 2.75) is 45.6 Å². The van der Waals surface area contributed by atoms with Gasteiger partial charge in [-0.25, -0.2) is 0 Å². The summed E-state index contributed by atoms with van der Waals surface area (Å²) in [7, 11) is 0. The van der Waals surface area contributed by atoms with Crippen molar-refractivity contribution in [3.8, 4) is 6.07 Å². The lowest BCUT2D eigenvalue weighted by Crippen LogP contribution is -2.48. The Balaban J connectivity index is 2.31. The Morgan fingerprint density at radius 3 is 2.53 bits per heavy atom. The predicted molar refractivity (Wildman–Crippen MR) is 67.3 cm³/mol. The summed E-state index contributed by atoms with van der Waals surface area (Å²) in [6, 6.07) is 2.30. The second-order valence-electron chi connectivity index (χ2n) is 5.47. The van der Waals surface area contributed by atoms with Crippen molar-refractivity contribution in [3.63, 3.8) is 0 Å². The normalized spacial score (nSPS) is 18.7. The topological polar surface area (TPSA) is 56.1 Å². The molecular weight excluding hydrogens is 214 g/mol. The molecule has 0 radical (unpaired) electrons. The third kappa shape index (κ3) is 4.74. The van der Waals surface area contributed by atoms with Crippen LogP contribution in [0.25, 0.3) is 0 Å². The average molecular weight is 237 g/mol. The van der Waals surface area contributed by atoms with Gasteiger partial charge in [0, 0.05) is 11.5 Å². The Bertz CT molecular complexity index is 298. The van der Waals surface area contributed by atoms with E-state index < -0.39 is 0 Å². The molecular formula is C13H23N3O. The molecule has 0 bridgehead atoms. The lowest BCUT2D eigenvalue weighted by molar-refractivity contribution is -0.124. The highest BCUT2D eigenvalue weighted by molar-refractivity contribution is 5.78. The quantitative estimate of drug-likeness (QED) is 0.806. The van der Waals surface area contributed by atoms with Crippen LogP contribution < -0.4 is 5.32 Å². The second kappa shape index (κ2) is 6.02. The van der Waals surface area contributed by atoms with Gasteiger partial charge in [0.2, 0.25) is 5.91 Å². The third-order valence-electron chi connectivity index (χ3n) is 3.50. The summed E-state index contributed by atoms with van der Waals surface area (Å²) in [5.41, 5.74) is -0.123. The highest BCUT2D eigenvalue weighted by atomic mass is 16.2. The Labute approximate surface area is 104 Å². The van der Waals surface area contributed by atoms with Gasteiger partial charge in [-0.1, -0.05) is 6.92 Å². The van der Waals surface area contributed by atoms with E-state index in [-0.39, 0.29) is 17.4 Å². The number of hydrogen-bond donors (Lipinski definition) is 1. The van der Waals surface area contributed by atoms with Crippen molar-refractivity contribution >= 4 is 5.91 Å². The molecule has 96 valence electrons. The van der Waals surface area contributed by atoms with Gasteiger partial charge in [0.15, 0.2) is 0 Å². The van der Waals surface area contributed by atoms with Crippen LogP contribution in [0.1, 0.15) is 40.0 Å². The molecule has 1 N–H and O–H groups in total. The lowest BCUT2D eigenvalue weighted by Gasteiger charge is -2.30. The van der Waals surface area contributed by atoms with Crippen molar-refractivity contribution < 1.29 is 4.79 Å². The van der Waals surface area contributed by atoms with Crippen molar-refractivity contribution in [2.75, 3.05) is 19.6 Å². The second-order valence-corrected chi connectivity index (χ2v) is 5.47. The number of amides is 1. The van der Waals surface area contributed by atoms with Crippen molar-refractivity contribution in [1.82, 2.24) is 10.2 Å². The summed E-state index contributed by atoms with van der Waals surface area (Å²) in [4.78, 5) is 14.0. The van der Waals surface area contributed by atoms with E-state index >= 15 is 0 Å². The molecule has 0 atom stereocenters. The van der Waals surface area contributed by atoms with E-state index in [1.807, 2.05) is 13.8 Å². The van der Waals surface area contributed by atoms with Crippen LogP contribution in [0.5, 0.6) is 0 Å². The SMILES string of the molecule is CCC(C)(C)NC(=O)CN1CCC(C#N)CC1. The smallest absolute Gasteiger partial charge is 0.234 e. The molecule has 0 spiro atoms. The Hall–Kier alpha value is -1.08. The highest BCUT2D eigenvalue weighted by Crippen LogP contribution is 2.15. The van der Waals surface area contributed by atoms with E-state index in [4.69, 9.17) is 5.26 Å². The molecule has 1 fully saturated rings. The Morgan fingerprint density at radius 2 is 2.06 bits per heavy atom. The van der Waals surface area contributed by atoms with Gasteiger partial charge < -0.3 is 5.32 Å². The fraction of sp³-hybridized carbons (Fsp3) is 0.846. The first-order chi connectivity index (χ1) is 7.96. The van der Waals surface area contributed by atoms with Gasteiger partial charge in [0.1, 0.15) is 0 Å². The zero-order chi connectivity index (χ0) is 12.9. The molecule has 1 heterocycles. The van der Waals surface area contributed by atoms with Gasteiger partial charge in [-0.2, -0.15) is 5.26 Å². The maximum atomic E-state index is 11.8. The van der Waals surface area contributed by atoms with Crippen LogP contribution in [0.4, 0.5) is 0 Å². The Morgan fingerprint density at radius 1 is 1.47 bits per heavy atom. The number of nitrogens with one attached hydrogen (secondary N) is 1. The average Bonchev–Trinajstić information content (AvgIpc) is 2.29. The fourth-order valence-corrected chi connectivity index (χ4v) is 1.93. The molecule has 0 aromatic heterocycles. The summed E-state index contributed by atoms with van der Waals surface area (Å²) in [5, 5.41) is 11.8. The first-order valence-electron chi connectivity index (χ1n) is 6.40. The van der Waals surface area contributed by atoms with Crippen molar-refractivity contribution in [1.29, 1.82) is 5.26 Å². The summed E-state index contributed by atoms with van der Waals surface area (Å²) in [6.45, 7) is 8.32. The van der Waals surface area contributed by atoms with Gasteiger partial charge in [0.25, 0.3) is 0 Å². The summed E-state index contributed by atoms with van der Waals surface area (Å²) >= 11 is 0. The highest BCUT2D eigenvalue weighted by Gasteiger charge is 2.23. The molecule has 1 saturated heterocycles. The van der Waals surface area contributed by atoms with Gasteiger partial charge in [-0.3, -0.25) is 9.69 Å². The number of hydrogen-bond acceptors (Lipinski definition) is 3. The number of rotatable bonds is 4. The number of carbonyl (C=O) groups excluding carboxylic acids is 1. The molecule has 1 amide bonds. The van der Waals surface area contributed by atoms with E-state index in [2.05, 4.69) is 23.2 Å². The molecule has 1 rings (SSSR count). The standard InChI is InChI=1S/C13H23N3O/c1-4-13(2,3)15-12(17)10-16-7-5-11(9-14)6-8-16/h11H,4-8,10H2,1-3H3,(H,15,17). The zero-order valence-electron chi connectivity index (χ0n) is 11.1. The van der Waals surface area contributed by atoms with Crippen LogP contribution in [0.2, 0.25) is 0 Å². The number of nitriles is 1. The molecule has 1 aliphatic heterocycles. The van der Waals surface area contributed by atoms with Gasteiger partial charge >= 0.3 is 0 Å². The molecule has 4 heteroatoms. The molecule has 17 heavy (non-hydrogen) atoms. The maximum absolute atomic E-state index is 11.8. The molecule has 0 saturated carbocycles. The van der Waals surface area contributed by atoms with Gasteiger partial charge in [-0.05, 0) is 46.2 Å². The van der Waals surface area contributed by atoms with Crippen LogP contribution in [-0.2, 0) is 4.79 Å². The monoisotopic (exact) mass is 237 g/mol. The minimum atomic E-state index is -0.123. The maximum Gasteiger partial charge on any atom is 0.234 e. The van der Waals surface area contributed by atoms with E-state index in [9.17, 15) is 4.79 Å². The summed E-state index contributed by atoms with van der Waals surface area (Å²) < 4.78 is 0. The third-order valence-corrected chi connectivity index (χ3v) is 3.50. The fourth-order valence-electron chi connectivity index (χ4n) is 1.93. The lowest BCUT2D eigenvalue weighted by atomic mass is 9.98. The molecule has 4 nitrogen and oxygen atoms in total. The number of nitrogens with zero attached hydrogens (tertiary/aromatic N) is 2.